The predicted octanol–water partition coefficient (Wildman–Crippen LogP) is 8.49. The maximum absolute atomic E-state index is 13.5. The van der Waals surface area contributed by atoms with Crippen LogP contribution in [-0.2, 0) is 11.3 Å². The molecule has 5 aromatic heterocycles. The number of hydrogen-bond donors (Lipinski definition) is 3. The number of carboxylic acids is 1. The van der Waals surface area contributed by atoms with Crippen molar-refractivity contribution in [2.24, 2.45) is 0 Å². The Bertz CT molecular complexity index is 3730. The van der Waals surface area contributed by atoms with Crippen molar-refractivity contribution in [3.8, 4) is 22.3 Å². The van der Waals surface area contributed by atoms with Crippen molar-refractivity contribution in [3.63, 3.8) is 0 Å². The maximum atomic E-state index is 13.5. The Morgan fingerprint density at radius 3 is 1.49 bits per heavy atom. The number of pyridine rings is 2. The van der Waals surface area contributed by atoms with E-state index in [9.17, 15) is 38.7 Å². The number of aromatic carboxylic acids is 1. The van der Waals surface area contributed by atoms with Gasteiger partial charge >= 0.3 is 17.8 Å². The zero-order valence-corrected chi connectivity index (χ0v) is 41.4. The molecule has 0 saturated carbocycles. The Morgan fingerprint density at radius 1 is 0.622 bits per heavy atom. The van der Waals surface area contributed by atoms with Gasteiger partial charge in [0, 0.05) is 85.3 Å². The van der Waals surface area contributed by atoms with Gasteiger partial charge in [0.05, 0.1) is 44.6 Å². The molecule has 0 aliphatic heterocycles. The van der Waals surface area contributed by atoms with Gasteiger partial charge in [-0.3, -0.25) is 19.2 Å². The maximum Gasteiger partial charge on any atom is 0.519 e. The number of aromatic nitrogens is 4. The smallest absolute Gasteiger partial charge is 0.478 e. The number of amides is 4. The van der Waals surface area contributed by atoms with Gasteiger partial charge in [0.2, 0.25) is 0 Å². The van der Waals surface area contributed by atoms with Crippen LogP contribution >= 0.6 is 23.2 Å². The molecule has 0 spiro atoms. The Labute approximate surface area is 430 Å². The van der Waals surface area contributed by atoms with Crippen LogP contribution in [0.1, 0.15) is 73.7 Å². The van der Waals surface area contributed by atoms with Crippen molar-refractivity contribution in [3.05, 3.63) is 200 Å². The van der Waals surface area contributed by atoms with Gasteiger partial charge in [0.15, 0.2) is 18.1 Å². The zero-order chi connectivity index (χ0) is 53.0. The first kappa shape index (κ1) is 51.0. The van der Waals surface area contributed by atoms with Crippen molar-refractivity contribution in [2.75, 3.05) is 38.0 Å². The normalized spacial score (nSPS) is 10.9. The number of fused-ring (bicyclic) bond motifs is 2. The largest absolute Gasteiger partial charge is 0.519 e. The highest BCUT2D eigenvalue weighted by Crippen LogP contribution is 2.30. The molecule has 21 heteroatoms. The van der Waals surface area contributed by atoms with Crippen LogP contribution in [0.15, 0.2) is 148 Å². The third kappa shape index (κ3) is 10.6. The lowest BCUT2D eigenvalue weighted by atomic mass is 10.0. The highest BCUT2D eigenvalue weighted by Gasteiger charge is 2.22. The number of benzene rings is 4. The highest BCUT2D eigenvalue weighted by molar-refractivity contribution is 6.34. The molecule has 0 fully saturated rings. The van der Waals surface area contributed by atoms with Crippen LogP contribution in [0, 0.1) is 6.92 Å². The van der Waals surface area contributed by atoms with Gasteiger partial charge in [-0.2, -0.15) is 10.2 Å². The molecule has 0 radical (unpaired) electrons. The monoisotopic (exact) mass is 1040 g/mol. The zero-order valence-electron chi connectivity index (χ0n) is 39.9. The molecule has 0 aliphatic carbocycles. The van der Waals surface area contributed by atoms with E-state index in [0.717, 1.165) is 22.3 Å². The van der Waals surface area contributed by atoms with Gasteiger partial charge in [0.1, 0.15) is 0 Å². The van der Waals surface area contributed by atoms with Gasteiger partial charge in [-0.25, -0.2) is 23.4 Å². The number of esters is 1. The summed E-state index contributed by atoms with van der Waals surface area (Å²) >= 11 is 12.2. The summed E-state index contributed by atoms with van der Waals surface area (Å²) in [4.78, 5) is 88.4. The second-order valence-electron chi connectivity index (χ2n) is 16.3. The van der Waals surface area contributed by atoms with Crippen molar-refractivity contribution in [1.29, 1.82) is 0 Å². The first-order valence-corrected chi connectivity index (χ1v) is 23.0. The highest BCUT2D eigenvalue weighted by atomic mass is 35.5. The lowest BCUT2D eigenvalue weighted by Crippen LogP contribution is -2.26. The van der Waals surface area contributed by atoms with Crippen LogP contribution in [0.4, 0.5) is 11.4 Å². The van der Waals surface area contributed by atoms with E-state index in [0.29, 0.717) is 44.7 Å². The molecule has 0 atom stereocenters. The van der Waals surface area contributed by atoms with Crippen molar-refractivity contribution in [2.45, 2.75) is 13.5 Å². The molecule has 9 rings (SSSR count). The molecule has 74 heavy (non-hydrogen) atoms. The Hall–Kier alpha value is -9.33. The summed E-state index contributed by atoms with van der Waals surface area (Å²) < 4.78 is 18.2. The minimum Gasteiger partial charge on any atom is -0.478 e. The van der Waals surface area contributed by atoms with Gasteiger partial charge in [-0.05, 0) is 103 Å². The number of aryl methyl sites for hydroxylation is 1. The first-order chi connectivity index (χ1) is 35.5. The number of nitrogens with one attached hydrogen (secondary N) is 2. The van der Waals surface area contributed by atoms with Gasteiger partial charge in [0.25, 0.3) is 23.6 Å². The molecule has 0 bridgehead atoms. The number of anilines is 2. The molecule has 4 aromatic carbocycles. The number of rotatable bonds is 12. The molecule has 19 nitrogen and oxygen atoms in total. The van der Waals surface area contributed by atoms with E-state index in [1.165, 1.54) is 41.0 Å². The molecule has 374 valence electrons. The average molecular weight is 1040 g/mol. The molecular formula is C53H42Cl2N8O11. The van der Waals surface area contributed by atoms with Crippen molar-refractivity contribution < 1.29 is 47.4 Å². The number of carbonyl (C=O) groups is 6. The van der Waals surface area contributed by atoms with Crippen LogP contribution in [0.5, 0.6) is 0 Å². The summed E-state index contributed by atoms with van der Waals surface area (Å²) in [7, 11) is 6.28. The summed E-state index contributed by atoms with van der Waals surface area (Å²) in [6.07, 6.45) is 6.75. The van der Waals surface area contributed by atoms with Crippen molar-refractivity contribution >= 4 is 81.2 Å². The molecule has 0 aliphatic rings. The van der Waals surface area contributed by atoms with E-state index >= 15 is 0 Å². The standard InChI is InChI=1S/C29H23ClN4O7.C24H19ClN4O4/c1-16-25(41-29(38)40-16)15-39-28(37)21-13-20(8-9-23(21)30)33(3)27(36)19-10-11-34-24(12-19)22(14-32-34)17-4-6-18(7-5-17)26(35)31-2;1-26-22(30)15-5-3-14(4-6-15)19-13-27-29-10-9-16(11-21(19)29)23(31)28(2)17-7-8-20(25)18(12-17)24(32)33/h4-14H,15H2,1-3H3,(H,31,35);3-13H,1-2H3,(H,26,30)(H,32,33). The summed E-state index contributed by atoms with van der Waals surface area (Å²) in [6, 6.07) is 29.8. The molecule has 0 saturated heterocycles. The molecule has 0 unspecified atom stereocenters. The summed E-state index contributed by atoms with van der Waals surface area (Å²) in [5, 5.41) is 23.4. The number of ether oxygens (including phenoxy) is 1. The minimum absolute atomic E-state index is 0.0287. The van der Waals surface area contributed by atoms with E-state index in [1.54, 1.807) is 123 Å². The van der Waals surface area contributed by atoms with Crippen LogP contribution < -0.4 is 26.3 Å². The van der Waals surface area contributed by atoms with E-state index in [-0.39, 0.29) is 62.9 Å². The summed E-state index contributed by atoms with van der Waals surface area (Å²) in [5.74, 6) is -3.58. The summed E-state index contributed by atoms with van der Waals surface area (Å²) in [6.45, 7) is 1.18. The SMILES string of the molecule is CNC(=O)c1ccc(-c2cnn3ccc(C(=O)N(C)c4ccc(Cl)c(C(=O)O)c4)cc23)cc1.CNC(=O)c1ccc(-c2cnn3ccc(C(=O)N(C)c4ccc(Cl)c(C(=O)OCc5oc(=O)oc5C)c4)cc23)cc1. The topological polar surface area (TPSA) is 240 Å². The van der Waals surface area contributed by atoms with Gasteiger partial charge in [-0.1, -0.05) is 47.5 Å². The van der Waals surface area contributed by atoms with E-state index in [2.05, 4.69) is 20.8 Å². The Morgan fingerprint density at radius 2 is 1.07 bits per heavy atom. The average Bonchev–Trinajstić information content (AvgIpc) is 4.14. The molecule has 4 amide bonds. The minimum atomic E-state index is -1.17. The fourth-order valence-electron chi connectivity index (χ4n) is 7.66. The molecule has 3 N–H and O–H groups in total. The lowest BCUT2D eigenvalue weighted by molar-refractivity contribution is 0.0442. The molecule has 9 aromatic rings. The predicted molar refractivity (Wildman–Crippen MR) is 274 cm³/mol. The number of halogens is 2. The van der Waals surface area contributed by atoms with Gasteiger partial charge in [-0.15, -0.1) is 0 Å². The Kier molecular flexibility index (Phi) is 14.9. The third-order valence-electron chi connectivity index (χ3n) is 11.8. The quantitative estimate of drug-likeness (QED) is 0.0974. The first-order valence-electron chi connectivity index (χ1n) is 22.2. The van der Waals surface area contributed by atoms with E-state index in [1.807, 2.05) is 24.3 Å². The van der Waals surface area contributed by atoms with Crippen LogP contribution in [0.3, 0.4) is 0 Å². The number of hydrogen-bond acceptors (Lipinski definition) is 12. The number of nitrogens with zero attached hydrogens (tertiary/aromatic N) is 6. The van der Waals surface area contributed by atoms with Crippen LogP contribution in [-0.4, -0.2) is 88.1 Å². The number of carbonyl (C=O) groups excluding carboxylic acids is 5. The summed E-state index contributed by atoms with van der Waals surface area (Å²) in [5.41, 5.74) is 7.27. The fourth-order valence-corrected chi connectivity index (χ4v) is 8.06. The Balaban J connectivity index is 0.000000202. The second kappa shape index (κ2) is 21.6. The van der Waals surface area contributed by atoms with E-state index < -0.39 is 17.8 Å². The fraction of sp³-hybridized carbons (Fsp3) is 0.113. The van der Waals surface area contributed by atoms with Crippen LogP contribution in [0.2, 0.25) is 10.0 Å². The molecule has 5 heterocycles. The van der Waals surface area contributed by atoms with Crippen molar-refractivity contribution in [1.82, 2.24) is 29.9 Å². The third-order valence-corrected chi connectivity index (χ3v) is 12.5. The number of carboxylic acid groups (broad SMARTS) is 1. The van der Waals surface area contributed by atoms with E-state index in [4.69, 9.17) is 36.8 Å². The second-order valence-corrected chi connectivity index (χ2v) is 17.1. The van der Waals surface area contributed by atoms with Crippen LogP contribution in [0.25, 0.3) is 33.3 Å². The molecular weight excluding hydrogens is 996 g/mol. The van der Waals surface area contributed by atoms with Gasteiger partial charge < -0.3 is 39.1 Å². The lowest BCUT2D eigenvalue weighted by Gasteiger charge is -2.19.